The summed E-state index contributed by atoms with van der Waals surface area (Å²) in [5, 5.41) is 3.30. The van der Waals surface area contributed by atoms with Crippen molar-refractivity contribution in [1.82, 2.24) is 0 Å². The van der Waals surface area contributed by atoms with Crippen LogP contribution in [0.4, 0.5) is 5.69 Å². The molecule has 0 saturated carbocycles. The molecule has 2 aromatic rings. The summed E-state index contributed by atoms with van der Waals surface area (Å²) < 4.78 is 11.3. The van der Waals surface area contributed by atoms with E-state index in [4.69, 9.17) is 21.1 Å². The number of carbonyl (C=O) groups excluding carboxylic acids is 1. The molecule has 1 unspecified atom stereocenters. The van der Waals surface area contributed by atoms with Crippen LogP contribution in [-0.4, -0.2) is 18.6 Å². The standard InChI is InChI=1S/C20H24ClNO3/c1-14(2)12-13-24-17-10-8-16(9-11-17)22-20(23)15(3)25-19-7-5-4-6-18(19)21/h4-11,14-15H,12-13H2,1-3H3,(H,22,23). The molecule has 0 bridgehead atoms. The molecule has 0 aliphatic rings. The molecule has 0 saturated heterocycles. The van der Waals surface area contributed by atoms with Gasteiger partial charge in [-0.1, -0.05) is 37.6 Å². The van der Waals surface area contributed by atoms with Crippen molar-refractivity contribution in [3.05, 3.63) is 53.6 Å². The van der Waals surface area contributed by atoms with Crippen molar-refractivity contribution in [1.29, 1.82) is 0 Å². The first kappa shape index (κ1) is 19.1. The lowest BCUT2D eigenvalue weighted by Crippen LogP contribution is -2.30. The molecule has 0 heterocycles. The number of ether oxygens (including phenoxy) is 2. The van der Waals surface area contributed by atoms with Gasteiger partial charge in [0.05, 0.1) is 11.6 Å². The minimum atomic E-state index is -0.665. The quantitative estimate of drug-likeness (QED) is 0.705. The van der Waals surface area contributed by atoms with Gasteiger partial charge in [0.1, 0.15) is 11.5 Å². The van der Waals surface area contributed by atoms with Gasteiger partial charge in [0.25, 0.3) is 5.91 Å². The van der Waals surface area contributed by atoms with Gasteiger partial charge in [-0.3, -0.25) is 4.79 Å². The zero-order chi connectivity index (χ0) is 18.2. The predicted molar refractivity (Wildman–Crippen MR) is 102 cm³/mol. The van der Waals surface area contributed by atoms with Crippen LogP contribution in [0.15, 0.2) is 48.5 Å². The molecule has 25 heavy (non-hydrogen) atoms. The predicted octanol–water partition coefficient (Wildman–Crippen LogP) is 5.17. The SMILES string of the molecule is CC(C)CCOc1ccc(NC(=O)C(C)Oc2ccccc2Cl)cc1. The molecule has 0 fully saturated rings. The molecule has 0 aliphatic carbocycles. The van der Waals surface area contributed by atoms with Gasteiger partial charge in [0.2, 0.25) is 0 Å². The monoisotopic (exact) mass is 361 g/mol. The summed E-state index contributed by atoms with van der Waals surface area (Å²) in [6.45, 7) is 6.69. The number of hydrogen-bond donors (Lipinski definition) is 1. The maximum absolute atomic E-state index is 12.2. The zero-order valence-electron chi connectivity index (χ0n) is 14.8. The Bertz CT molecular complexity index is 686. The third-order valence-corrected chi connectivity index (χ3v) is 3.91. The van der Waals surface area contributed by atoms with E-state index in [1.54, 1.807) is 19.1 Å². The Hall–Kier alpha value is -2.20. The van der Waals surface area contributed by atoms with E-state index in [9.17, 15) is 4.79 Å². The molecule has 134 valence electrons. The second-order valence-electron chi connectivity index (χ2n) is 6.24. The molecular formula is C20H24ClNO3. The topological polar surface area (TPSA) is 47.6 Å². The Kier molecular flexibility index (Phi) is 7.14. The van der Waals surface area contributed by atoms with E-state index >= 15 is 0 Å². The van der Waals surface area contributed by atoms with Crippen LogP contribution in [0.5, 0.6) is 11.5 Å². The third-order valence-electron chi connectivity index (χ3n) is 3.60. The van der Waals surface area contributed by atoms with Gasteiger partial charge in [0.15, 0.2) is 6.10 Å². The molecule has 1 amide bonds. The van der Waals surface area contributed by atoms with Crippen LogP contribution in [0.25, 0.3) is 0 Å². The summed E-state index contributed by atoms with van der Waals surface area (Å²) in [4.78, 5) is 12.2. The second-order valence-corrected chi connectivity index (χ2v) is 6.64. The normalized spacial score (nSPS) is 11.9. The van der Waals surface area contributed by atoms with E-state index in [-0.39, 0.29) is 5.91 Å². The van der Waals surface area contributed by atoms with Gasteiger partial charge in [-0.05, 0) is 55.7 Å². The van der Waals surface area contributed by atoms with Gasteiger partial charge in [-0.15, -0.1) is 0 Å². The first-order valence-electron chi connectivity index (χ1n) is 8.40. The first-order valence-corrected chi connectivity index (χ1v) is 8.78. The van der Waals surface area contributed by atoms with Crippen molar-refractivity contribution in [2.45, 2.75) is 33.3 Å². The van der Waals surface area contributed by atoms with Crippen molar-refractivity contribution >= 4 is 23.2 Å². The zero-order valence-corrected chi connectivity index (χ0v) is 15.5. The van der Waals surface area contributed by atoms with Crippen molar-refractivity contribution in [2.75, 3.05) is 11.9 Å². The van der Waals surface area contributed by atoms with Crippen molar-refractivity contribution in [2.24, 2.45) is 5.92 Å². The number of para-hydroxylation sites is 1. The van der Waals surface area contributed by atoms with Gasteiger partial charge >= 0.3 is 0 Å². The van der Waals surface area contributed by atoms with Crippen molar-refractivity contribution in [3.63, 3.8) is 0 Å². The molecule has 4 nitrogen and oxygen atoms in total. The fourth-order valence-corrected chi connectivity index (χ4v) is 2.26. The Balaban J connectivity index is 1.86. The van der Waals surface area contributed by atoms with Crippen LogP contribution >= 0.6 is 11.6 Å². The molecule has 0 aromatic heterocycles. The Morgan fingerprint density at radius 1 is 1.08 bits per heavy atom. The molecule has 1 atom stereocenters. The summed E-state index contributed by atoms with van der Waals surface area (Å²) in [6, 6.07) is 14.4. The third kappa shape index (κ3) is 6.31. The number of anilines is 1. The highest BCUT2D eigenvalue weighted by molar-refractivity contribution is 6.32. The molecule has 0 radical (unpaired) electrons. The largest absolute Gasteiger partial charge is 0.494 e. The fraction of sp³-hybridized carbons (Fsp3) is 0.350. The van der Waals surface area contributed by atoms with Crippen LogP contribution in [0, 0.1) is 5.92 Å². The van der Waals surface area contributed by atoms with Crippen molar-refractivity contribution < 1.29 is 14.3 Å². The lowest BCUT2D eigenvalue weighted by Gasteiger charge is -2.16. The fourth-order valence-electron chi connectivity index (χ4n) is 2.08. The summed E-state index contributed by atoms with van der Waals surface area (Å²) >= 11 is 6.04. The first-order chi connectivity index (χ1) is 12.0. The van der Waals surface area contributed by atoms with E-state index in [1.165, 1.54) is 0 Å². The van der Waals surface area contributed by atoms with Crippen LogP contribution in [0.1, 0.15) is 27.2 Å². The second kappa shape index (κ2) is 9.33. The van der Waals surface area contributed by atoms with Crippen LogP contribution < -0.4 is 14.8 Å². The number of benzene rings is 2. The molecule has 2 aromatic carbocycles. The van der Waals surface area contributed by atoms with Crippen LogP contribution in [0.3, 0.4) is 0 Å². The van der Waals surface area contributed by atoms with E-state index in [0.29, 0.717) is 29.0 Å². The van der Waals surface area contributed by atoms with Crippen LogP contribution in [0.2, 0.25) is 5.02 Å². The van der Waals surface area contributed by atoms with Gasteiger partial charge < -0.3 is 14.8 Å². The molecule has 0 spiro atoms. The highest BCUT2D eigenvalue weighted by Crippen LogP contribution is 2.24. The maximum Gasteiger partial charge on any atom is 0.265 e. The average Bonchev–Trinajstić information content (AvgIpc) is 2.58. The minimum Gasteiger partial charge on any atom is -0.494 e. The Labute approximate surface area is 154 Å². The lowest BCUT2D eigenvalue weighted by molar-refractivity contribution is -0.122. The molecular weight excluding hydrogens is 338 g/mol. The lowest BCUT2D eigenvalue weighted by atomic mass is 10.1. The minimum absolute atomic E-state index is 0.242. The van der Waals surface area contributed by atoms with Gasteiger partial charge in [-0.25, -0.2) is 0 Å². The average molecular weight is 362 g/mol. The number of nitrogens with one attached hydrogen (secondary N) is 1. The Morgan fingerprint density at radius 2 is 1.76 bits per heavy atom. The molecule has 2 rings (SSSR count). The summed E-state index contributed by atoms with van der Waals surface area (Å²) in [7, 11) is 0. The number of rotatable bonds is 8. The number of hydrogen-bond acceptors (Lipinski definition) is 3. The summed E-state index contributed by atoms with van der Waals surface area (Å²) in [5.74, 6) is 1.64. The van der Waals surface area contributed by atoms with E-state index in [1.807, 2.05) is 36.4 Å². The smallest absolute Gasteiger partial charge is 0.265 e. The van der Waals surface area contributed by atoms with Crippen LogP contribution in [-0.2, 0) is 4.79 Å². The summed E-state index contributed by atoms with van der Waals surface area (Å²) in [6.07, 6.45) is 0.344. The maximum atomic E-state index is 12.2. The number of amides is 1. The Morgan fingerprint density at radius 3 is 2.40 bits per heavy atom. The molecule has 0 aliphatic heterocycles. The van der Waals surface area contributed by atoms with Gasteiger partial charge in [0, 0.05) is 5.69 Å². The van der Waals surface area contributed by atoms with Gasteiger partial charge in [-0.2, -0.15) is 0 Å². The molecule has 5 heteroatoms. The van der Waals surface area contributed by atoms with E-state index in [2.05, 4.69) is 19.2 Å². The van der Waals surface area contributed by atoms with E-state index < -0.39 is 6.10 Å². The molecule has 1 N–H and O–H groups in total. The highest BCUT2D eigenvalue weighted by atomic mass is 35.5. The number of halogens is 1. The van der Waals surface area contributed by atoms with E-state index in [0.717, 1.165) is 12.2 Å². The van der Waals surface area contributed by atoms with Crippen molar-refractivity contribution in [3.8, 4) is 11.5 Å². The number of carbonyl (C=O) groups is 1. The highest BCUT2D eigenvalue weighted by Gasteiger charge is 2.16. The summed E-state index contributed by atoms with van der Waals surface area (Å²) in [5.41, 5.74) is 0.691.